The van der Waals surface area contributed by atoms with Crippen LogP contribution in [0.2, 0.25) is 5.02 Å². The molecule has 1 heterocycles. The first kappa shape index (κ1) is 23.0. The van der Waals surface area contributed by atoms with Gasteiger partial charge in [0.2, 0.25) is 10.0 Å². The van der Waals surface area contributed by atoms with Crippen molar-refractivity contribution >= 4 is 27.5 Å². The second-order valence-corrected chi connectivity index (χ2v) is 10.7. The van der Waals surface area contributed by atoms with Gasteiger partial charge >= 0.3 is 0 Å². The Morgan fingerprint density at radius 3 is 2.69 bits per heavy atom. The fourth-order valence-electron chi connectivity index (χ4n) is 4.08. The summed E-state index contributed by atoms with van der Waals surface area (Å²) in [6, 6.07) is 10.4. The lowest BCUT2D eigenvalue weighted by Gasteiger charge is -2.33. The van der Waals surface area contributed by atoms with Gasteiger partial charge in [0.25, 0.3) is 5.91 Å². The molecule has 0 aromatic heterocycles. The van der Waals surface area contributed by atoms with Crippen molar-refractivity contribution in [1.29, 1.82) is 0 Å². The fraction of sp³-hybridized carbons (Fsp3) is 0.435. The number of nitrogens with one attached hydrogen (secondary N) is 1. The molecular weight excluding hydrogens is 455 g/mol. The lowest BCUT2D eigenvalue weighted by Crippen LogP contribution is -2.40. The van der Waals surface area contributed by atoms with Crippen molar-refractivity contribution in [3.63, 3.8) is 0 Å². The molecule has 1 N–H and O–H groups in total. The van der Waals surface area contributed by atoms with Gasteiger partial charge in [-0.25, -0.2) is 17.5 Å². The molecule has 0 radical (unpaired) electrons. The standard InChI is InChI=1S/C23H26ClFN2O4S/c1-32(29,30)26-23(28)19-11-18(15-8-9-15)22(12-21(19)25)31-17-6-4-10-27(14-17)13-16-5-2-3-7-20(16)24/h2-3,5,7,11-12,15,17H,4,6,8-10,13-14H2,1H3,(H,26,28)/t17-/m1/s1. The van der Waals surface area contributed by atoms with Crippen LogP contribution in [0.4, 0.5) is 4.39 Å². The van der Waals surface area contributed by atoms with Crippen LogP contribution >= 0.6 is 11.6 Å². The molecule has 32 heavy (non-hydrogen) atoms. The molecule has 1 aliphatic carbocycles. The minimum Gasteiger partial charge on any atom is -0.489 e. The second kappa shape index (κ2) is 9.37. The van der Waals surface area contributed by atoms with Crippen molar-refractivity contribution in [1.82, 2.24) is 9.62 Å². The number of benzene rings is 2. The minimum atomic E-state index is -3.79. The van der Waals surface area contributed by atoms with E-state index in [1.54, 1.807) is 0 Å². The number of carbonyl (C=O) groups is 1. The molecule has 2 aromatic carbocycles. The molecule has 0 spiro atoms. The molecule has 1 saturated carbocycles. The molecule has 2 fully saturated rings. The zero-order chi connectivity index (χ0) is 22.9. The van der Waals surface area contributed by atoms with Gasteiger partial charge in [0.15, 0.2) is 0 Å². The van der Waals surface area contributed by atoms with Gasteiger partial charge in [-0.05, 0) is 61.4 Å². The van der Waals surface area contributed by atoms with E-state index in [1.165, 1.54) is 12.1 Å². The third-order valence-corrected chi connectivity index (χ3v) is 6.67. The van der Waals surface area contributed by atoms with Crippen molar-refractivity contribution in [2.75, 3.05) is 19.3 Å². The number of likely N-dealkylation sites (tertiary alicyclic amines) is 1. The van der Waals surface area contributed by atoms with E-state index in [1.807, 2.05) is 29.0 Å². The third kappa shape index (κ3) is 5.79. The predicted octanol–water partition coefficient (Wildman–Crippen LogP) is 4.09. The van der Waals surface area contributed by atoms with Crippen LogP contribution in [-0.4, -0.2) is 44.7 Å². The van der Waals surface area contributed by atoms with Crippen molar-refractivity contribution in [3.05, 3.63) is 63.9 Å². The lowest BCUT2D eigenvalue weighted by molar-refractivity contribution is 0.0832. The highest BCUT2D eigenvalue weighted by atomic mass is 35.5. The first-order valence-electron chi connectivity index (χ1n) is 10.7. The average Bonchev–Trinajstić information content (AvgIpc) is 3.54. The molecule has 0 bridgehead atoms. The van der Waals surface area contributed by atoms with E-state index in [-0.39, 0.29) is 17.6 Å². The van der Waals surface area contributed by atoms with Crippen LogP contribution in [0.1, 0.15) is 53.1 Å². The number of piperidine rings is 1. The minimum absolute atomic E-state index is 0.112. The van der Waals surface area contributed by atoms with Gasteiger partial charge in [0.1, 0.15) is 17.7 Å². The molecule has 2 aliphatic rings. The SMILES string of the molecule is CS(=O)(=O)NC(=O)c1cc(C2CC2)c(O[C@@H]2CCCN(Cc3ccccc3Cl)C2)cc1F. The van der Waals surface area contributed by atoms with E-state index in [0.29, 0.717) is 18.8 Å². The molecule has 172 valence electrons. The van der Waals surface area contributed by atoms with Crippen molar-refractivity contribution in [3.8, 4) is 5.75 Å². The lowest BCUT2D eigenvalue weighted by atomic mass is 10.0. The van der Waals surface area contributed by atoms with Gasteiger partial charge < -0.3 is 4.74 Å². The van der Waals surface area contributed by atoms with Crippen LogP contribution in [0.3, 0.4) is 0 Å². The molecule has 1 amide bonds. The van der Waals surface area contributed by atoms with Crippen LogP contribution in [0.25, 0.3) is 0 Å². The first-order valence-corrected chi connectivity index (χ1v) is 12.9. The van der Waals surface area contributed by atoms with E-state index in [4.69, 9.17) is 16.3 Å². The largest absolute Gasteiger partial charge is 0.489 e. The number of nitrogens with zero attached hydrogens (tertiary/aromatic N) is 1. The Balaban J connectivity index is 1.50. The Morgan fingerprint density at radius 1 is 1.25 bits per heavy atom. The van der Waals surface area contributed by atoms with Crippen LogP contribution in [-0.2, 0) is 16.6 Å². The summed E-state index contributed by atoms with van der Waals surface area (Å²) in [5, 5.41) is 0.733. The van der Waals surface area contributed by atoms with E-state index in [2.05, 4.69) is 4.90 Å². The molecule has 9 heteroatoms. The van der Waals surface area contributed by atoms with E-state index < -0.39 is 21.7 Å². The predicted molar refractivity (Wildman–Crippen MR) is 121 cm³/mol. The number of ether oxygens (including phenoxy) is 1. The summed E-state index contributed by atoms with van der Waals surface area (Å²) in [4.78, 5) is 14.5. The molecule has 1 atom stereocenters. The maximum Gasteiger partial charge on any atom is 0.267 e. The zero-order valence-corrected chi connectivity index (χ0v) is 19.4. The van der Waals surface area contributed by atoms with E-state index in [0.717, 1.165) is 54.6 Å². The fourth-order valence-corrected chi connectivity index (χ4v) is 4.73. The van der Waals surface area contributed by atoms with Crippen LogP contribution in [0.15, 0.2) is 36.4 Å². The number of sulfonamides is 1. The van der Waals surface area contributed by atoms with E-state index >= 15 is 0 Å². The highest BCUT2D eigenvalue weighted by Gasteiger charge is 2.31. The van der Waals surface area contributed by atoms with Crippen LogP contribution in [0.5, 0.6) is 5.75 Å². The normalized spacial score (nSPS) is 19.5. The Kier molecular flexibility index (Phi) is 6.74. The van der Waals surface area contributed by atoms with Gasteiger partial charge in [-0.2, -0.15) is 0 Å². The number of carbonyl (C=O) groups excluding carboxylic acids is 1. The Labute approximate surface area is 192 Å². The van der Waals surface area contributed by atoms with Gasteiger partial charge in [0, 0.05) is 24.2 Å². The molecule has 4 rings (SSSR count). The van der Waals surface area contributed by atoms with Gasteiger partial charge in [0.05, 0.1) is 11.8 Å². The summed E-state index contributed by atoms with van der Waals surface area (Å²) < 4.78 is 45.6. The summed E-state index contributed by atoms with van der Waals surface area (Å²) >= 11 is 6.30. The number of halogens is 2. The van der Waals surface area contributed by atoms with Gasteiger partial charge in [-0.1, -0.05) is 29.8 Å². The van der Waals surface area contributed by atoms with Gasteiger partial charge in [-0.3, -0.25) is 9.69 Å². The summed E-state index contributed by atoms with van der Waals surface area (Å²) in [7, 11) is -3.79. The van der Waals surface area contributed by atoms with Gasteiger partial charge in [-0.15, -0.1) is 0 Å². The topological polar surface area (TPSA) is 75.7 Å². The summed E-state index contributed by atoms with van der Waals surface area (Å²) in [5.74, 6) is -1.14. The molecular formula is C23H26ClFN2O4S. The smallest absolute Gasteiger partial charge is 0.267 e. The highest BCUT2D eigenvalue weighted by molar-refractivity contribution is 7.89. The second-order valence-electron chi connectivity index (χ2n) is 8.56. The Morgan fingerprint density at radius 2 is 2.00 bits per heavy atom. The maximum atomic E-state index is 14.7. The Hall–Kier alpha value is -2.16. The summed E-state index contributed by atoms with van der Waals surface area (Å²) in [6.45, 7) is 2.33. The molecule has 2 aromatic rings. The monoisotopic (exact) mass is 480 g/mol. The zero-order valence-electron chi connectivity index (χ0n) is 17.8. The van der Waals surface area contributed by atoms with Crippen molar-refractivity contribution in [2.24, 2.45) is 0 Å². The molecule has 1 aliphatic heterocycles. The third-order valence-electron chi connectivity index (χ3n) is 5.75. The quantitative estimate of drug-likeness (QED) is 0.646. The van der Waals surface area contributed by atoms with Crippen LogP contribution in [0, 0.1) is 5.82 Å². The summed E-state index contributed by atoms with van der Waals surface area (Å²) in [5.41, 5.74) is 1.53. The highest BCUT2D eigenvalue weighted by Crippen LogP contribution is 2.45. The average molecular weight is 481 g/mol. The first-order chi connectivity index (χ1) is 15.2. The maximum absolute atomic E-state index is 14.7. The van der Waals surface area contributed by atoms with Crippen LogP contribution < -0.4 is 9.46 Å². The molecule has 0 unspecified atom stereocenters. The number of amides is 1. The number of hydrogen-bond acceptors (Lipinski definition) is 5. The van der Waals surface area contributed by atoms with E-state index in [9.17, 15) is 17.6 Å². The number of rotatable bonds is 7. The summed E-state index contributed by atoms with van der Waals surface area (Å²) in [6.07, 6.45) is 4.40. The Bertz CT molecular complexity index is 1120. The molecule has 1 saturated heterocycles. The van der Waals surface area contributed by atoms with Crippen molar-refractivity contribution < 1.29 is 22.3 Å². The number of hydrogen-bond donors (Lipinski definition) is 1. The molecule has 6 nitrogen and oxygen atoms in total. The van der Waals surface area contributed by atoms with Crippen molar-refractivity contribution in [2.45, 2.75) is 44.2 Å².